The van der Waals surface area contributed by atoms with Crippen molar-refractivity contribution in [1.29, 1.82) is 0 Å². The highest BCUT2D eigenvalue weighted by molar-refractivity contribution is 7.89. The lowest BCUT2D eigenvalue weighted by Crippen LogP contribution is -2.63. The number of carbonyl (C=O) groups excluding carboxylic acids is 5. The van der Waals surface area contributed by atoms with Gasteiger partial charge in [0.2, 0.25) is 27.6 Å². The fraction of sp³-hybridized carbons (Fsp3) is 0.700. The van der Waals surface area contributed by atoms with Crippen LogP contribution in [0.2, 0.25) is 0 Å². The molecule has 0 bridgehead atoms. The van der Waals surface area contributed by atoms with Crippen LogP contribution < -0.4 is 21.3 Å². The number of sulfonamides is 1. The number of carbonyl (C=O) groups is 5. The third-order valence-electron chi connectivity index (χ3n) is 12.6. The highest BCUT2D eigenvalue weighted by Crippen LogP contribution is 2.65. The van der Waals surface area contributed by atoms with E-state index in [1.807, 2.05) is 27.7 Å². The van der Waals surface area contributed by atoms with E-state index in [0.717, 1.165) is 32.1 Å². The minimum absolute atomic E-state index is 0.0371. The van der Waals surface area contributed by atoms with Gasteiger partial charge in [-0.15, -0.1) is 6.58 Å². The summed E-state index contributed by atoms with van der Waals surface area (Å²) in [4.78, 5) is 74.9. The molecule has 0 aromatic carbocycles. The molecule has 14 nitrogen and oxygen atoms in total. The van der Waals surface area contributed by atoms with Crippen molar-refractivity contribution in [3.8, 4) is 0 Å². The zero-order valence-corrected chi connectivity index (χ0v) is 34.3. The molecule has 1 aromatic rings. The minimum Gasteiger partial charge on any atom is -0.346 e. The first-order valence-corrected chi connectivity index (χ1v) is 21.1. The number of hydrogen-bond acceptors (Lipinski definition) is 8. The van der Waals surface area contributed by atoms with Gasteiger partial charge in [0.05, 0.1) is 6.04 Å². The number of ketones is 1. The van der Waals surface area contributed by atoms with Gasteiger partial charge in [-0.25, -0.2) is 13.2 Å². The Labute approximate surface area is 326 Å². The van der Waals surface area contributed by atoms with Crippen molar-refractivity contribution in [2.75, 3.05) is 26.7 Å². The molecule has 0 radical (unpaired) electrons. The van der Waals surface area contributed by atoms with Crippen LogP contribution in [-0.2, 0) is 29.2 Å². The Hall–Kier alpha value is -3.85. The van der Waals surface area contributed by atoms with Gasteiger partial charge < -0.3 is 26.2 Å². The third-order valence-corrected chi connectivity index (χ3v) is 14.4. The topological polar surface area (TPSA) is 187 Å². The van der Waals surface area contributed by atoms with Crippen LogP contribution in [0, 0.1) is 34.0 Å². The number of nitrogens with zero attached hydrogens (tertiary/aromatic N) is 3. The predicted octanol–water partition coefficient (Wildman–Crippen LogP) is 3.39. The van der Waals surface area contributed by atoms with Crippen LogP contribution in [0.5, 0.6) is 0 Å². The van der Waals surface area contributed by atoms with Crippen molar-refractivity contribution >= 4 is 39.6 Å². The van der Waals surface area contributed by atoms with Crippen molar-refractivity contribution in [2.45, 2.75) is 122 Å². The van der Waals surface area contributed by atoms with Crippen molar-refractivity contribution in [3.05, 3.63) is 37.2 Å². The maximum absolute atomic E-state index is 14.9. The lowest BCUT2D eigenvalue weighted by atomic mass is 9.70. The molecule has 2 heterocycles. The molecular weight excluding hydrogens is 723 g/mol. The number of fused-ring (bicyclic) bond motifs is 1. The van der Waals surface area contributed by atoms with E-state index >= 15 is 0 Å². The van der Waals surface area contributed by atoms with Crippen LogP contribution in [0.25, 0.3) is 0 Å². The molecule has 1 aromatic heterocycles. The van der Waals surface area contributed by atoms with Crippen LogP contribution in [0.1, 0.15) is 92.9 Å². The molecule has 6 atom stereocenters. The second kappa shape index (κ2) is 16.3. The lowest BCUT2D eigenvalue weighted by molar-refractivity contribution is -0.146. The Kier molecular flexibility index (Phi) is 12.6. The summed E-state index contributed by atoms with van der Waals surface area (Å²) >= 11 is 0. The van der Waals surface area contributed by atoms with Gasteiger partial charge in [-0.05, 0) is 65.4 Å². The Balaban J connectivity index is 1.37. The summed E-state index contributed by atoms with van der Waals surface area (Å²) in [7, 11) is -2.45. The second-order valence-corrected chi connectivity index (χ2v) is 20.2. The van der Waals surface area contributed by atoms with E-state index in [9.17, 15) is 32.4 Å². The van der Waals surface area contributed by atoms with Crippen molar-refractivity contribution in [2.24, 2.45) is 34.0 Å². The Morgan fingerprint density at radius 3 is 2.31 bits per heavy atom. The van der Waals surface area contributed by atoms with Gasteiger partial charge in [-0.3, -0.25) is 24.2 Å². The van der Waals surface area contributed by atoms with Gasteiger partial charge in [0.1, 0.15) is 17.0 Å². The van der Waals surface area contributed by atoms with E-state index in [1.54, 1.807) is 11.0 Å². The number of rotatable bonds is 16. The number of Topliss-reactive ketones (excluding diaryl/α,β-unsaturated/α-hetero) is 1. The molecule has 4 N–H and O–H groups in total. The Bertz CT molecular complexity index is 1730. The molecule has 1 saturated heterocycles. The lowest BCUT2D eigenvalue weighted by Gasteiger charge is -2.43. The molecule has 3 aliphatic carbocycles. The smallest absolute Gasteiger partial charge is 0.315 e. The zero-order valence-electron chi connectivity index (χ0n) is 33.5. The highest BCUT2D eigenvalue weighted by atomic mass is 32.2. The van der Waals surface area contributed by atoms with Crippen molar-refractivity contribution in [3.63, 3.8) is 0 Å². The van der Waals surface area contributed by atoms with E-state index in [4.69, 9.17) is 0 Å². The molecule has 0 spiro atoms. The number of urea groups is 1. The summed E-state index contributed by atoms with van der Waals surface area (Å²) < 4.78 is 27.9. The molecule has 3 saturated carbocycles. The van der Waals surface area contributed by atoms with Crippen LogP contribution in [0.4, 0.5) is 4.79 Å². The number of piperidine rings is 1. The standard InChI is InChI=1S/C40H61N7O7S/c1-9-19-42-35(50)32(48)28(21-25-15-16-25)43-34(49)31-30-27(39(30,5)6)23-47(31)36(51)33(40(7)17-11-10-12-18-40)45-37(52)44-29(38(2,3)4)24-46(8)55(53,54)26-14-13-20-41-22-26/h9,13-14,20,22,25,27-31,33H,1,10-12,15-19,21,23-24H2,2-8H3,(H,42,50)(H,43,49)(H2,44,45,52)/t27-,28?,29+,30-,31-,33+/m0/s1. The van der Waals surface area contributed by atoms with Gasteiger partial charge in [-0.2, -0.15) is 4.31 Å². The maximum Gasteiger partial charge on any atom is 0.315 e. The van der Waals surface area contributed by atoms with Crippen LogP contribution in [-0.4, -0.2) is 103 Å². The van der Waals surface area contributed by atoms with E-state index in [0.29, 0.717) is 25.8 Å². The average Bonchev–Trinajstić information content (AvgIpc) is 3.99. The summed E-state index contributed by atoms with van der Waals surface area (Å²) in [6.45, 7) is 15.9. The third kappa shape index (κ3) is 9.41. The molecule has 5 amide bonds. The van der Waals surface area contributed by atoms with Gasteiger partial charge in [0.25, 0.3) is 5.91 Å². The number of amides is 5. The first-order valence-electron chi connectivity index (χ1n) is 19.7. The normalized spacial score (nSPS) is 24.4. The molecule has 15 heteroatoms. The van der Waals surface area contributed by atoms with Crippen molar-refractivity contribution in [1.82, 2.24) is 35.5 Å². The second-order valence-electron chi connectivity index (χ2n) is 18.2. The summed E-state index contributed by atoms with van der Waals surface area (Å²) in [6, 6.07) is -1.12. The Morgan fingerprint density at radius 1 is 1.05 bits per heavy atom. The number of pyridine rings is 1. The van der Waals surface area contributed by atoms with Gasteiger partial charge in [0, 0.05) is 45.1 Å². The van der Waals surface area contributed by atoms with Crippen LogP contribution in [0.15, 0.2) is 42.1 Å². The molecule has 4 fully saturated rings. The number of hydrogen-bond donors (Lipinski definition) is 4. The molecule has 55 heavy (non-hydrogen) atoms. The zero-order chi connectivity index (χ0) is 40.5. The fourth-order valence-electron chi connectivity index (χ4n) is 8.65. The number of aromatic nitrogens is 1. The van der Waals surface area contributed by atoms with Gasteiger partial charge >= 0.3 is 6.03 Å². The summed E-state index contributed by atoms with van der Waals surface area (Å²) in [5.41, 5.74) is -1.40. The molecule has 5 rings (SSSR count). The largest absolute Gasteiger partial charge is 0.346 e. The maximum atomic E-state index is 14.9. The van der Waals surface area contributed by atoms with Crippen LogP contribution in [0.3, 0.4) is 0 Å². The van der Waals surface area contributed by atoms with E-state index in [2.05, 4.69) is 46.7 Å². The number of nitrogens with one attached hydrogen (secondary N) is 4. The molecule has 1 unspecified atom stereocenters. The Morgan fingerprint density at radius 2 is 1.73 bits per heavy atom. The molecule has 1 aliphatic heterocycles. The first-order chi connectivity index (χ1) is 25.7. The number of likely N-dealkylation sites (N-methyl/N-ethyl adjacent to an activating group) is 1. The summed E-state index contributed by atoms with van der Waals surface area (Å²) in [6.07, 6.45) is 10.6. The van der Waals surface area contributed by atoms with E-state index < -0.39 is 68.6 Å². The molecule has 4 aliphatic rings. The molecular formula is C40H61N7O7S. The molecule has 304 valence electrons. The van der Waals surface area contributed by atoms with Gasteiger partial charge in [0.15, 0.2) is 0 Å². The monoisotopic (exact) mass is 783 g/mol. The average molecular weight is 784 g/mol. The van der Waals surface area contributed by atoms with Crippen molar-refractivity contribution < 1.29 is 32.4 Å². The summed E-state index contributed by atoms with van der Waals surface area (Å²) in [5, 5.41) is 11.4. The fourth-order valence-corrected chi connectivity index (χ4v) is 9.80. The highest BCUT2D eigenvalue weighted by Gasteiger charge is 2.70. The van der Waals surface area contributed by atoms with E-state index in [1.165, 1.54) is 35.9 Å². The van der Waals surface area contributed by atoms with E-state index in [-0.39, 0.29) is 47.1 Å². The quantitative estimate of drug-likeness (QED) is 0.145. The number of likely N-dealkylation sites (tertiary alicyclic amines) is 1. The van der Waals surface area contributed by atoms with Crippen LogP contribution >= 0.6 is 0 Å². The first kappa shape index (κ1) is 42.3. The minimum atomic E-state index is -3.90. The summed E-state index contributed by atoms with van der Waals surface area (Å²) in [5.74, 6) is -2.20. The SMILES string of the molecule is C=CCNC(=O)C(=O)C(CC1CC1)NC(=O)[C@@H]1[C@@H]2[C@H](CN1C(=O)[C@@H](NC(=O)N[C@H](CN(C)S(=O)(=O)c1cccnc1)C(C)(C)C)C1(C)CCCCC1)C2(C)C. The van der Waals surface area contributed by atoms with Gasteiger partial charge in [-0.1, -0.05) is 79.7 Å². The predicted molar refractivity (Wildman–Crippen MR) is 208 cm³/mol.